The monoisotopic (exact) mass is 524 g/mol. The second-order valence-electron chi connectivity index (χ2n) is 9.40. The van der Waals surface area contributed by atoms with Crippen molar-refractivity contribution in [1.29, 1.82) is 0 Å². The Morgan fingerprint density at radius 2 is 1.62 bits per heavy atom. The number of hydrogen-bond acceptors (Lipinski definition) is 3. The van der Waals surface area contributed by atoms with E-state index in [0.29, 0.717) is 36.8 Å². The van der Waals surface area contributed by atoms with Crippen LogP contribution < -0.4 is 10.1 Å². The molecule has 0 aliphatic carbocycles. The highest BCUT2D eigenvalue weighted by molar-refractivity contribution is 6.30. The summed E-state index contributed by atoms with van der Waals surface area (Å²) in [6.45, 7) is 5.10. The largest absolute Gasteiger partial charge is 0.494 e. The second-order valence-corrected chi connectivity index (χ2v) is 9.83. The lowest BCUT2D eigenvalue weighted by atomic mass is 10.0. The lowest BCUT2D eigenvalue weighted by Gasteiger charge is -2.32. The molecule has 0 saturated carbocycles. The average molecular weight is 525 g/mol. The third-order valence-corrected chi connectivity index (χ3v) is 6.09. The number of nitrogens with zero attached hydrogens (tertiary/aromatic N) is 1. The van der Waals surface area contributed by atoms with E-state index in [2.05, 4.69) is 5.32 Å². The number of rotatable bonds is 13. The highest BCUT2D eigenvalue weighted by Crippen LogP contribution is 2.18. The number of nitrogens with one attached hydrogen (secondary N) is 1. The molecule has 3 rings (SSSR count). The molecule has 0 spiro atoms. The van der Waals surface area contributed by atoms with Crippen LogP contribution in [0.5, 0.6) is 5.75 Å². The molecular formula is C30H34ClFN2O3. The van der Waals surface area contributed by atoms with Crippen LogP contribution in [0.2, 0.25) is 5.02 Å². The molecular weight excluding hydrogens is 491 g/mol. The van der Waals surface area contributed by atoms with Gasteiger partial charge in [-0.2, -0.15) is 0 Å². The molecule has 0 radical (unpaired) electrons. The number of hydrogen-bond donors (Lipinski definition) is 1. The van der Waals surface area contributed by atoms with Crippen LogP contribution in [0.4, 0.5) is 4.39 Å². The fraction of sp³-hybridized carbons (Fsp3) is 0.333. The number of ether oxygens (including phenoxy) is 1. The zero-order valence-corrected chi connectivity index (χ0v) is 22.1. The summed E-state index contributed by atoms with van der Waals surface area (Å²) in [5, 5.41) is 3.62. The van der Waals surface area contributed by atoms with Gasteiger partial charge in [-0.3, -0.25) is 9.59 Å². The third kappa shape index (κ3) is 9.54. The Labute approximate surface area is 223 Å². The molecule has 0 aliphatic heterocycles. The minimum Gasteiger partial charge on any atom is -0.494 e. The topological polar surface area (TPSA) is 58.6 Å². The number of amides is 2. The average Bonchev–Trinajstić information content (AvgIpc) is 2.89. The highest BCUT2D eigenvalue weighted by atomic mass is 35.5. The Kier molecular flexibility index (Phi) is 11.0. The van der Waals surface area contributed by atoms with Gasteiger partial charge < -0.3 is 15.0 Å². The smallest absolute Gasteiger partial charge is 0.243 e. The van der Waals surface area contributed by atoms with Gasteiger partial charge in [0.15, 0.2) is 0 Å². The molecule has 1 N–H and O–H groups in total. The maximum atomic E-state index is 13.5. The third-order valence-electron chi connectivity index (χ3n) is 5.84. The molecule has 0 fully saturated rings. The predicted octanol–water partition coefficient (Wildman–Crippen LogP) is 6.05. The number of halogens is 2. The first-order chi connectivity index (χ1) is 17.8. The molecule has 0 bridgehead atoms. The fourth-order valence-corrected chi connectivity index (χ4v) is 3.98. The van der Waals surface area contributed by atoms with Gasteiger partial charge in [-0.05, 0) is 59.9 Å². The number of carbonyl (C=O) groups excluding carboxylic acids is 2. The quantitative estimate of drug-likeness (QED) is 0.277. The van der Waals surface area contributed by atoms with Crippen molar-refractivity contribution < 1.29 is 18.7 Å². The minimum absolute atomic E-state index is 0.162. The van der Waals surface area contributed by atoms with E-state index in [1.807, 2.05) is 44.2 Å². The molecule has 0 unspecified atom stereocenters. The summed E-state index contributed by atoms with van der Waals surface area (Å²) in [6, 6.07) is 22.0. The molecule has 196 valence electrons. The minimum atomic E-state index is -0.712. The van der Waals surface area contributed by atoms with Gasteiger partial charge in [-0.15, -0.1) is 0 Å². The number of benzene rings is 3. The van der Waals surface area contributed by atoms with Crippen LogP contribution in [0.3, 0.4) is 0 Å². The van der Waals surface area contributed by atoms with Gasteiger partial charge in [0.05, 0.1) is 6.61 Å². The van der Waals surface area contributed by atoms with Crippen LogP contribution in [-0.2, 0) is 22.6 Å². The van der Waals surface area contributed by atoms with Crippen LogP contribution >= 0.6 is 11.6 Å². The van der Waals surface area contributed by atoms with E-state index in [9.17, 15) is 14.0 Å². The van der Waals surface area contributed by atoms with Gasteiger partial charge in [0.2, 0.25) is 11.8 Å². The van der Waals surface area contributed by atoms with E-state index in [-0.39, 0.29) is 36.5 Å². The highest BCUT2D eigenvalue weighted by Gasteiger charge is 2.30. The van der Waals surface area contributed by atoms with Crippen molar-refractivity contribution in [3.05, 3.63) is 101 Å². The molecule has 3 aromatic carbocycles. The first kappa shape index (κ1) is 28.2. The first-order valence-electron chi connectivity index (χ1n) is 12.6. The van der Waals surface area contributed by atoms with E-state index in [0.717, 1.165) is 11.1 Å². The van der Waals surface area contributed by atoms with E-state index in [4.69, 9.17) is 16.3 Å². The molecule has 1 atom stereocenters. The summed E-state index contributed by atoms with van der Waals surface area (Å²) in [4.78, 5) is 28.5. The number of carbonyl (C=O) groups is 2. The second kappa shape index (κ2) is 14.4. The van der Waals surface area contributed by atoms with Crippen LogP contribution in [0, 0.1) is 11.7 Å². The van der Waals surface area contributed by atoms with Crippen LogP contribution in [0.1, 0.15) is 37.8 Å². The maximum absolute atomic E-state index is 13.5. The summed E-state index contributed by atoms with van der Waals surface area (Å²) in [6.07, 6.45) is 1.06. The van der Waals surface area contributed by atoms with Gasteiger partial charge >= 0.3 is 0 Å². The maximum Gasteiger partial charge on any atom is 0.243 e. The van der Waals surface area contributed by atoms with Crippen molar-refractivity contribution in [2.45, 2.75) is 45.7 Å². The van der Waals surface area contributed by atoms with Gasteiger partial charge in [-0.1, -0.05) is 67.9 Å². The van der Waals surface area contributed by atoms with Gasteiger partial charge in [-0.25, -0.2) is 4.39 Å². The summed E-state index contributed by atoms with van der Waals surface area (Å²) in [5.41, 5.74) is 1.71. The summed E-state index contributed by atoms with van der Waals surface area (Å²) in [7, 11) is 0. The molecule has 5 nitrogen and oxygen atoms in total. The molecule has 3 aromatic rings. The van der Waals surface area contributed by atoms with E-state index in [1.54, 1.807) is 41.3 Å². The molecule has 0 aliphatic rings. The van der Waals surface area contributed by atoms with Crippen LogP contribution in [0.25, 0.3) is 0 Å². The van der Waals surface area contributed by atoms with E-state index >= 15 is 0 Å². The van der Waals surface area contributed by atoms with Gasteiger partial charge in [0.25, 0.3) is 0 Å². The van der Waals surface area contributed by atoms with E-state index in [1.165, 1.54) is 12.1 Å². The lowest BCUT2D eigenvalue weighted by Crippen LogP contribution is -2.51. The predicted molar refractivity (Wildman–Crippen MR) is 145 cm³/mol. The van der Waals surface area contributed by atoms with Gasteiger partial charge in [0, 0.05) is 31.0 Å². The molecule has 2 amide bonds. The molecule has 0 heterocycles. The standard InChI is InChI=1S/C30H34ClFN2O3/c1-22(2)20-33-30(36)28(19-23-7-4-3-5-8-23)34(21-24-10-14-26(32)15-11-24)29(35)9-6-18-37-27-16-12-25(31)13-17-27/h3-5,7-8,10-17,22,28H,6,9,18-21H2,1-2H3,(H,33,36)/t28-/m1/s1. The van der Waals surface area contributed by atoms with Crippen LogP contribution in [0.15, 0.2) is 78.9 Å². The Bertz CT molecular complexity index is 1120. The Morgan fingerprint density at radius 1 is 0.946 bits per heavy atom. The fourth-order valence-electron chi connectivity index (χ4n) is 3.85. The SMILES string of the molecule is CC(C)CNC(=O)[C@@H](Cc1ccccc1)N(Cc1ccc(F)cc1)C(=O)CCCOc1ccc(Cl)cc1. The van der Waals surface area contributed by atoms with Crippen molar-refractivity contribution in [3.63, 3.8) is 0 Å². The Hall–Kier alpha value is -3.38. The lowest BCUT2D eigenvalue weighted by molar-refractivity contribution is -0.141. The molecule has 0 saturated heterocycles. The van der Waals surface area contributed by atoms with E-state index < -0.39 is 6.04 Å². The first-order valence-corrected chi connectivity index (χ1v) is 12.9. The zero-order valence-electron chi connectivity index (χ0n) is 21.3. The normalized spacial score (nSPS) is 11.7. The van der Waals surface area contributed by atoms with Crippen molar-refractivity contribution in [2.24, 2.45) is 5.92 Å². The summed E-state index contributed by atoms with van der Waals surface area (Å²) < 4.78 is 19.3. The van der Waals surface area contributed by atoms with Crippen molar-refractivity contribution in [3.8, 4) is 5.75 Å². The summed E-state index contributed by atoms with van der Waals surface area (Å²) in [5.74, 6) is 0.231. The molecule has 7 heteroatoms. The summed E-state index contributed by atoms with van der Waals surface area (Å²) >= 11 is 5.92. The zero-order chi connectivity index (χ0) is 26.6. The van der Waals surface area contributed by atoms with Crippen LogP contribution in [-0.4, -0.2) is 35.9 Å². The van der Waals surface area contributed by atoms with Gasteiger partial charge in [0.1, 0.15) is 17.6 Å². The van der Waals surface area contributed by atoms with Crippen molar-refractivity contribution in [2.75, 3.05) is 13.2 Å². The Balaban J connectivity index is 1.77. The van der Waals surface area contributed by atoms with Crippen molar-refractivity contribution >= 4 is 23.4 Å². The van der Waals surface area contributed by atoms with Crippen molar-refractivity contribution in [1.82, 2.24) is 10.2 Å². The molecule has 37 heavy (non-hydrogen) atoms. The molecule has 0 aromatic heterocycles. The Morgan fingerprint density at radius 3 is 2.27 bits per heavy atom.